The van der Waals surface area contributed by atoms with Gasteiger partial charge in [-0.3, -0.25) is 9.97 Å². The molecule has 10 nitrogen and oxygen atoms in total. The van der Waals surface area contributed by atoms with Crippen LogP contribution in [0.25, 0.3) is 21.5 Å². The number of aromatic nitrogens is 2. The molecule has 6 aromatic rings. The Hall–Kier alpha value is -5.61. The summed E-state index contributed by atoms with van der Waals surface area (Å²) in [7, 11) is 0. The third-order valence-corrected chi connectivity index (χ3v) is 8.98. The summed E-state index contributed by atoms with van der Waals surface area (Å²) < 4.78 is 46.0. The largest absolute Gasteiger partial charge is 0.490 e. The topological polar surface area (TPSA) is 99.6 Å². The van der Waals surface area contributed by atoms with Crippen molar-refractivity contribution in [2.45, 2.75) is 68.2 Å². The maximum atomic E-state index is 5.81. The predicted octanol–water partition coefficient (Wildman–Crippen LogP) is 11.3. The molecular formula is C48H59ClN2O8. The van der Waals surface area contributed by atoms with Crippen LogP contribution in [-0.2, 0) is 12.8 Å². The van der Waals surface area contributed by atoms with E-state index in [0.29, 0.717) is 65.7 Å². The van der Waals surface area contributed by atoms with Crippen LogP contribution < -0.4 is 37.9 Å². The quantitative estimate of drug-likeness (QED) is 0.0739. The first kappa shape index (κ1) is 46.1. The summed E-state index contributed by atoms with van der Waals surface area (Å²) in [5.74, 6) is 6.09. The molecule has 4 aromatic carbocycles. The summed E-state index contributed by atoms with van der Waals surface area (Å²) >= 11 is 0. The average Bonchev–Trinajstić information content (AvgIpc) is 3.22. The van der Waals surface area contributed by atoms with Crippen LogP contribution in [0, 0.1) is 0 Å². The SMILES string of the molecule is CCOc1ccc(Cc2nccc3cc(OCC)c(OCC)cc23)cc1OCC.CCOc1ccc(Cc2nccc3cc(OCC)c(OCC)cc23)cc1OCC.Cl. The van der Waals surface area contributed by atoms with Crippen LogP contribution in [0.2, 0.25) is 0 Å². The van der Waals surface area contributed by atoms with E-state index in [4.69, 9.17) is 37.9 Å². The molecule has 0 radical (unpaired) electrons. The van der Waals surface area contributed by atoms with Gasteiger partial charge >= 0.3 is 0 Å². The summed E-state index contributed by atoms with van der Waals surface area (Å²) in [6, 6.07) is 24.2. The van der Waals surface area contributed by atoms with Crippen LogP contribution in [0.15, 0.2) is 85.2 Å². The standard InChI is InChI=1S/2C24H29NO4.ClH/c2*1-5-26-21-10-9-17(14-22(21)27-6-2)13-20-19-16-24(29-8-4)23(28-7-3)15-18(19)11-12-25-20;/h2*9-12,14-16H,5-8,13H2,1-4H3;1H. The summed E-state index contributed by atoms with van der Waals surface area (Å²) in [5, 5.41) is 4.29. The second-order valence-corrected chi connectivity index (χ2v) is 12.9. The first-order valence-electron chi connectivity index (χ1n) is 20.5. The maximum absolute atomic E-state index is 5.81. The summed E-state index contributed by atoms with van der Waals surface area (Å²) in [5.41, 5.74) is 4.20. The van der Waals surface area contributed by atoms with Gasteiger partial charge in [-0.2, -0.15) is 0 Å². The Morgan fingerprint density at radius 2 is 0.627 bits per heavy atom. The number of ether oxygens (including phenoxy) is 8. The zero-order chi connectivity index (χ0) is 41.3. The highest BCUT2D eigenvalue weighted by Gasteiger charge is 2.15. The van der Waals surface area contributed by atoms with Crippen molar-refractivity contribution in [1.29, 1.82) is 0 Å². The fourth-order valence-electron chi connectivity index (χ4n) is 6.63. The van der Waals surface area contributed by atoms with E-state index in [1.165, 1.54) is 0 Å². The number of nitrogens with zero attached hydrogens (tertiary/aromatic N) is 2. The molecule has 0 N–H and O–H groups in total. The van der Waals surface area contributed by atoms with E-state index in [1.807, 2.05) is 128 Å². The summed E-state index contributed by atoms with van der Waals surface area (Å²) in [4.78, 5) is 9.29. The number of pyridine rings is 2. The molecule has 0 fully saturated rings. The molecule has 0 aliphatic carbocycles. The van der Waals surface area contributed by atoms with Crippen LogP contribution in [-0.4, -0.2) is 62.8 Å². The lowest BCUT2D eigenvalue weighted by atomic mass is 10.0. The lowest BCUT2D eigenvalue weighted by Gasteiger charge is -2.15. The van der Waals surface area contributed by atoms with E-state index in [1.54, 1.807) is 0 Å². The second-order valence-electron chi connectivity index (χ2n) is 12.9. The molecule has 0 unspecified atom stereocenters. The van der Waals surface area contributed by atoms with Crippen molar-refractivity contribution in [1.82, 2.24) is 9.97 Å². The normalized spacial score (nSPS) is 10.6. The molecule has 0 spiro atoms. The highest BCUT2D eigenvalue weighted by Crippen LogP contribution is 2.37. The smallest absolute Gasteiger partial charge is 0.161 e. The molecule has 0 atom stereocenters. The van der Waals surface area contributed by atoms with Gasteiger partial charge in [0.25, 0.3) is 0 Å². The number of hydrogen-bond acceptors (Lipinski definition) is 10. The number of hydrogen-bond donors (Lipinski definition) is 0. The van der Waals surface area contributed by atoms with Crippen LogP contribution in [0.5, 0.6) is 46.0 Å². The fraction of sp³-hybridized carbons (Fsp3) is 0.375. The molecule has 0 bridgehead atoms. The maximum Gasteiger partial charge on any atom is 0.161 e. The van der Waals surface area contributed by atoms with Gasteiger partial charge in [0.05, 0.1) is 64.2 Å². The van der Waals surface area contributed by atoms with E-state index in [2.05, 4.69) is 22.1 Å². The molecule has 2 heterocycles. The zero-order valence-electron chi connectivity index (χ0n) is 35.7. The summed E-state index contributed by atoms with van der Waals surface area (Å²) in [6.07, 6.45) is 5.05. The van der Waals surface area contributed by atoms with Crippen molar-refractivity contribution in [3.8, 4) is 46.0 Å². The highest BCUT2D eigenvalue weighted by molar-refractivity contribution is 5.89. The minimum absolute atomic E-state index is 0. The second kappa shape index (κ2) is 23.7. The molecule has 0 amide bonds. The number of benzene rings is 4. The van der Waals surface area contributed by atoms with Crippen molar-refractivity contribution in [3.63, 3.8) is 0 Å². The Morgan fingerprint density at radius 3 is 0.949 bits per heavy atom. The van der Waals surface area contributed by atoms with E-state index in [-0.39, 0.29) is 12.4 Å². The molecule has 11 heteroatoms. The van der Waals surface area contributed by atoms with E-state index < -0.39 is 0 Å². The Balaban J connectivity index is 0.000000256. The zero-order valence-corrected chi connectivity index (χ0v) is 36.5. The minimum atomic E-state index is 0. The van der Waals surface area contributed by atoms with Crippen LogP contribution >= 0.6 is 12.4 Å². The average molecular weight is 827 g/mol. The van der Waals surface area contributed by atoms with Gasteiger partial charge in [-0.15, -0.1) is 12.4 Å². The predicted molar refractivity (Wildman–Crippen MR) is 239 cm³/mol. The van der Waals surface area contributed by atoms with Crippen molar-refractivity contribution < 1.29 is 37.9 Å². The third kappa shape index (κ3) is 12.2. The first-order valence-corrected chi connectivity index (χ1v) is 20.5. The van der Waals surface area contributed by atoms with Gasteiger partial charge < -0.3 is 37.9 Å². The minimum Gasteiger partial charge on any atom is -0.490 e. The number of rotatable bonds is 20. The van der Waals surface area contributed by atoms with Gasteiger partial charge in [0.1, 0.15) is 0 Å². The van der Waals surface area contributed by atoms with E-state index in [9.17, 15) is 0 Å². The van der Waals surface area contributed by atoms with Crippen molar-refractivity contribution in [2.75, 3.05) is 52.9 Å². The molecular weight excluding hydrogens is 768 g/mol. The van der Waals surface area contributed by atoms with E-state index in [0.717, 1.165) is 90.1 Å². The van der Waals surface area contributed by atoms with Gasteiger partial charge in [-0.25, -0.2) is 0 Å². The molecule has 316 valence electrons. The first-order chi connectivity index (χ1) is 28.4. The number of halogens is 1. The molecule has 2 aromatic heterocycles. The van der Waals surface area contributed by atoms with Crippen molar-refractivity contribution in [2.24, 2.45) is 0 Å². The number of fused-ring (bicyclic) bond motifs is 2. The lowest BCUT2D eigenvalue weighted by molar-refractivity contribution is 0.287. The Labute approximate surface area is 355 Å². The molecule has 0 aliphatic rings. The van der Waals surface area contributed by atoms with Gasteiger partial charge in [0, 0.05) is 36.0 Å². The van der Waals surface area contributed by atoms with Crippen LogP contribution in [0.3, 0.4) is 0 Å². The van der Waals surface area contributed by atoms with Crippen molar-refractivity contribution >= 4 is 34.0 Å². The van der Waals surface area contributed by atoms with Crippen LogP contribution in [0.4, 0.5) is 0 Å². The monoisotopic (exact) mass is 826 g/mol. The van der Waals surface area contributed by atoms with Crippen molar-refractivity contribution in [3.05, 3.63) is 108 Å². The van der Waals surface area contributed by atoms with Crippen LogP contribution in [0.1, 0.15) is 77.9 Å². The summed E-state index contributed by atoms with van der Waals surface area (Å²) in [6.45, 7) is 20.5. The molecule has 6 rings (SSSR count). The Kier molecular flexibility index (Phi) is 18.5. The Morgan fingerprint density at radius 1 is 0.339 bits per heavy atom. The molecule has 0 saturated heterocycles. The fourth-order valence-corrected chi connectivity index (χ4v) is 6.63. The van der Waals surface area contributed by atoms with Gasteiger partial charge in [0.15, 0.2) is 46.0 Å². The van der Waals surface area contributed by atoms with E-state index >= 15 is 0 Å². The third-order valence-electron chi connectivity index (χ3n) is 8.98. The molecule has 59 heavy (non-hydrogen) atoms. The molecule has 0 aliphatic heterocycles. The molecule has 0 saturated carbocycles. The lowest BCUT2D eigenvalue weighted by Crippen LogP contribution is -2.01. The van der Waals surface area contributed by atoms with Gasteiger partial charge in [-0.05, 0) is 138 Å². The highest BCUT2D eigenvalue weighted by atomic mass is 35.5. The van der Waals surface area contributed by atoms with Gasteiger partial charge in [-0.1, -0.05) is 12.1 Å². The Bertz CT molecular complexity index is 2070. The van der Waals surface area contributed by atoms with Gasteiger partial charge in [0.2, 0.25) is 0 Å².